The average Bonchev–Trinajstić information content (AvgIpc) is 2.73. The van der Waals surface area contributed by atoms with Crippen LogP contribution in [-0.2, 0) is 11.3 Å². The van der Waals surface area contributed by atoms with Gasteiger partial charge in [0, 0.05) is 73.4 Å². The molecule has 3 aromatic rings. The van der Waals surface area contributed by atoms with Crippen molar-refractivity contribution in [3.63, 3.8) is 0 Å². The third-order valence-corrected chi connectivity index (χ3v) is 5.55. The highest BCUT2D eigenvalue weighted by Gasteiger charge is 2.23. The zero-order chi connectivity index (χ0) is 22.0. The zero-order valence-corrected chi connectivity index (χ0v) is 17.8. The Kier molecular flexibility index (Phi) is 6.06. The van der Waals surface area contributed by atoms with Crippen molar-refractivity contribution in [1.29, 1.82) is 0 Å². The monoisotopic (exact) mass is 439 g/mol. The number of rotatable bonds is 4. The maximum absolute atomic E-state index is 12.7. The summed E-state index contributed by atoms with van der Waals surface area (Å²) < 4.78 is 5.33. The minimum Gasteiger partial charge on any atom is -0.423 e. The molecule has 0 spiro atoms. The first-order valence-electron chi connectivity index (χ1n) is 10.0. The minimum absolute atomic E-state index is 0.00683. The Hall–Kier alpha value is -3.16. The average molecular weight is 440 g/mol. The number of hydrogen-bond acceptors (Lipinski definition) is 5. The van der Waals surface area contributed by atoms with Crippen LogP contribution in [0.15, 0.2) is 57.7 Å². The van der Waals surface area contributed by atoms with E-state index in [0.717, 1.165) is 10.9 Å². The maximum Gasteiger partial charge on any atom is 0.336 e. The van der Waals surface area contributed by atoms with Gasteiger partial charge in [0.25, 0.3) is 5.91 Å². The van der Waals surface area contributed by atoms with Gasteiger partial charge in [-0.15, -0.1) is 0 Å². The SMILES string of the molecule is CC(=O)Nc1ccc2c(CN3CCN(C(=O)c4ccc(Cl)cc4)CC3)cc(=O)oc2c1. The summed E-state index contributed by atoms with van der Waals surface area (Å²) in [5, 5.41) is 4.12. The molecule has 2 amide bonds. The molecular weight excluding hydrogens is 418 g/mol. The first-order valence-corrected chi connectivity index (χ1v) is 10.4. The Morgan fingerprint density at radius 3 is 2.42 bits per heavy atom. The fourth-order valence-corrected chi connectivity index (χ4v) is 3.89. The summed E-state index contributed by atoms with van der Waals surface area (Å²) in [4.78, 5) is 40.1. The number of fused-ring (bicyclic) bond motifs is 1. The molecule has 1 aliphatic rings. The molecule has 0 saturated carbocycles. The molecule has 0 unspecified atom stereocenters. The molecule has 7 nitrogen and oxygen atoms in total. The number of nitrogens with zero attached hydrogens (tertiary/aromatic N) is 2. The van der Waals surface area contributed by atoms with E-state index in [0.29, 0.717) is 54.6 Å². The number of nitrogens with one attached hydrogen (secondary N) is 1. The van der Waals surface area contributed by atoms with Crippen molar-refractivity contribution >= 4 is 40.1 Å². The summed E-state index contributed by atoms with van der Waals surface area (Å²) in [7, 11) is 0. The lowest BCUT2D eigenvalue weighted by Gasteiger charge is -2.35. The Bertz CT molecular complexity index is 1180. The highest BCUT2D eigenvalue weighted by Crippen LogP contribution is 2.23. The van der Waals surface area contributed by atoms with Crippen molar-refractivity contribution in [3.05, 3.63) is 75.1 Å². The summed E-state index contributed by atoms with van der Waals surface area (Å²) in [5.41, 5.74) is 2.07. The number of piperazine rings is 1. The number of amides is 2. The molecule has 31 heavy (non-hydrogen) atoms. The van der Waals surface area contributed by atoms with E-state index in [2.05, 4.69) is 10.2 Å². The van der Waals surface area contributed by atoms with Gasteiger partial charge in [-0.3, -0.25) is 14.5 Å². The second-order valence-electron chi connectivity index (χ2n) is 7.56. The standard InChI is InChI=1S/C23H22ClN3O4/c1-15(28)25-19-6-7-20-17(12-22(29)31-21(20)13-19)14-26-8-10-27(11-9-26)23(30)16-2-4-18(24)5-3-16/h2-7,12-13H,8-11,14H2,1H3,(H,25,28). The van der Waals surface area contributed by atoms with E-state index in [9.17, 15) is 14.4 Å². The molecule has 8 heteroatoms. The van der Waals surface area contributed by atoms with E-state index in [1.165, 1.54) is 13.0 Å². The van der Waals surface area contributed by atoms with Gasteiger partial charge in [-0.2, -0.15) is 0 Å². The van der Waals surface area contributed by atoms with Gasteiger partial charge >= 0.3 is 5.63 Å². The third kappa shape index (κ3) is 4.95. The molecule has 0 aliphatic carbocycles. The van der Waals surface area contributed by atoms with E-state index in [4.69, 9.17) is 16.0 Å². The summed E-state index contributed by atoms with van der Waals surface area (Å²) in [6.45, 7) is 4.61. The fourth-order valence-electron chi connectivity index (χ4n) is 3.77. The molecular formula is C23H22ClN3O4. The molecule has 0 bridgehead atoms. The second-order valence-corrected chi connectivity index (χ2v) is 7.99. The Morgan fingerprint density at radius 1 is 1.03 bits per heavy atom. The van der Waals surface area contributed by atoms with Crippen LogP contribution in [0.25, 0.3) is 11.0 Å². The van der Waals surface area contributed by atoms with Crippen molar-refractivity contribution < 1.29 is 14.0 Å². The van der Waals surface area contributed by atoms with E-state index in [-0.39, 0.29) is 11.8 Å². The van der Waals surface area contributed by atoms with Gasteiger partial charge in [0.05, 0.1) is 0 Å². The second kappa shape index (κ2) is 8.91. The molecule has 160 valence electrons. The number of benzene rings is 2. The lowest BCUT2D eigenvalue weighted by atomic mass is 10.1. The van der Waals surface area contributed by atoms with Crippen LogP contribution in [0.3, 0.4) is 0 Å². The number of anilines is 1. The molecule has 1 saturated heterocycles. The van der Waals surface area contributed by atoms with E-state index in [1.54, 1.807) is 36.4 Å². The summed E-state index contributed by atoms with van der Waals surface area (Å²) in [6.07, 6.45) is 0. The van der Waals surface area contributed by atoms with Crippen molar-refractivity contribution in [3.8, 4) is 0 Å². The first kappa shape index (κ1) is 21.1. The number of carbonyl (C=O) groups is 2. The van der Waals surface area contributed by atoms with Crippen LogP contribution in [0.5, 0.6) is 0 Å². The molecule has 2 heterocycles. The minimum atomic E-state index is -0.431. The fraction of sp³-hybridized carbons (Fsp3) is 0.261. The van der Waals surface area contributed by atoms with Crippen LogP contribution in [0.1, 0.15) is 22.8 Å². The lowest BCUT2D eigenvalue weighted by molar-refractivity contribution is -0.114. The van der Waals surface area contributed by atoms with Crippen LogP contribution in [-0.4, -0.2) is 47.8 Å². The molecule has 1 fully saturated rings. The smallest absolute Gasteiger partial charge is 0.336 e. The van der Waals surface area contributed by atoms with Crippen LogP contribution >= 0.6 is 11.6 Å². The molecule has 1 N–H and O–H groups in total. The normalized spacial score (nSPS) is 14.6. The van der Waals surface area contributed by atoms with Gasteiger partial charge in [-0.1, -0.05) is 11.6 Å². The molecule has 2 aromatic carbocycles. The van der Waals surface area contributed by atoms with Gasteiger partial charge in [-0.25, -0.2) is 4.79 Å². The van der Waals surface area contributed by atoms with Gasteiger partial charge in [0.15, 0.2) is 0 Å². The zero-order valence-electron chi connectivity index (χ0n) is 17.1. The molecule has 0 atom stereocenters. The predicted molar refractivity (Wildman–Crippen MR) is 119 cm³/mol. The Morgan fingerprint density at radius 2 is 1.74 bits per heavy atom. The highest BCUT2D eigenvalue weighted by atomic mass is 35.5. The topological polar surface area (TPSA) is 82.9 Å². The predicted octanol–water partition coefficient (Wildman–Crippen LogP) is 3.36. The third-order valence-electron chi connectivity index (χ3n) is 5.30. The Balaban J connectivity index is 1.45. The largest absolute Gasteiger partial charge is 0.423 e. The van der Waals surface area contributed by atoms with Crippen molar-refractivity contribution in [1.82, 2.24) is 9.80 Å². The van der Waals surface area contributed by atoms with Gasteiger partial charge in [-0.05, 0) is 42.0 Å². The molecule has 0 radical (unpaired) electrons. The van der Waals surface area contributed by atoms with Crippen LogP contribution in [0.2, 0.25) is 5.02 Å². The quantitative estimate of drug-likeness (QED) is 0.630. The number of halogens is 1. The van der Waals surface area contributed by atoms with Crippen molar-refractivity contribution in [2.75, 3.05) is 31.5 Å². The number of hydrogen-bond donors (Lipinski definition) is 1. The summed E-state index contributed by atoms with van der Waals surface area (Å²) >= 11 is 5.90. The molecule has 1 aromatic heterocycles. The highest BCUT2D eigenvalue weighted by molar-refractivity contribution is 6.30. The van der Waals surface area contributed by atoms with Crippen LogP contribution < -0.4 is 10.9 Å². The molecule has 4 rings (SSSR count). The lowest BCUT2D eigenvalue weighted by Crippen LogP contribution is -2.48. The van der Waals surface area contributed by atoms with E-state index >= 15 is 0 Å². The van der Waals surface area contributed by atoms with Gasteiger partial charge in [0.2, 0.25) is 5.91 Å². The van der Waals surface area contributed by atoms with Crippen LogP contribution in [0.4, 0.5) is 5.69 Å². The van der Waals surface area contributed by atoms with Crippen molar-refractivity contribution in [2.45, 2.75) is 13.5 Å². The van der Waals surface area contributed by atoms with E-state index < -0.39 is 5.63 Å². The maximum atomic E-state index is 12.7. The summed E-state index contributed by atoms with van der Waals surface area (Å²) in [6, 6.07) is 13.7. The molecule has 1 aliphatic heterocycles. The van der Waals surface area contributed by atoms with E-state index in [1.807, 2.05) is 11.0 Å². The van der Waals surface area contributed by atoms with Crippen molar-refractivity contribution in [2.24, 2.45) is 0 Å². The first-order chi connectivity index (χ1) is 14.9. The Labute approximate surface area is 184 Å². The van der Waals surface area contributed by atoms with Gasteiger partial charge in [0.1, 0.15) is 5.58 Å². The van der Waals surface area contributed by atoms with Gasteiger partial charge < -0.3 is 14.6 Å². The number of carbonyl (C=O) groups excluding carboxylic acids is 2. The van der Waals surface area contributed by atoms with Crippen LogP contribution in [0, 0.1) is 0 Å². The summed E-state index contributed by atoms with van der Waals surface area (Å²) in [5.74, 6) is -0.198.